The molecule has 1 aromatic heterocycles. The van der Waals surface area contributed by atoms with Gasteiger partial charge in [-0.15, -0.1) is 11.3 Å². The highest BCUT2D eigenvalue weighted by molar-refractivity contribution is 9.11. The summed E-state index contributed by atoms with van der Waals surface area (Å²) in [5, 5.41) is 1.17. The third-order valence-electron chi connectivity index (χ3n) is 2.67. The molecule has 0 radical (unpaired) electrons. The van der Waals surface area contributed by atoms with E-state index < -0.39 is 0 Å². The van der Waals surface area contributed by atoms with Crippen LogP contribution < -0.4 is 5.73 Å². The van der Waals surface area contributed by atoms with Gasteiger partial charge in [-0.2, -0.15) is 0 Å². The van der Waals surface area contributed by atoms with Crippen molar-refractivity contribution in [2.24, 2.45) is 11.1 Å². The summed E-state index contributed by atoms with van der Waals surface area (Å²) in [7, 11) is 0. The molecule has 2 rings (SSSR count). The average molecular weight is 247 g/mol. The fourth-order valence-corrected chi connectivity index (χ4v) is 3.15. The first-order chi connectivity index (χ1) is 5.53. The van der Waals surface area contributed by atoms with Gasteiger partial charge in [0.1, 0.15) is 0 Å². The topological polar surface area (TPSA) is 38.9 Å². The predicted molar refractivity (Wildman–Crippen MR) is 54.3 cm³/mol. The zero-order valence-electron chi connectivity index (χ0n) is 7.04. The Hall–Kier alpha value is 0.0700. The highest BCUT2D eigenvalue weighted by Crippen LogP contribution is 2.58. The van der Waals surface area contributed by atoms with E-state index in [4.69, 9.17) is 5.73 Å². The number of nitrogens with two attached hydrogens (primary N) is 1. The van der Waals surface area contributed by atoms with Crippen LogP contribution in [0.25, 0.3) is 0 Å². The minimum atomic E-state index is 0.247. The second kappa shape index (κ2) is 2.53. The predicted octanol–water partition coefficient (Wildman–Crippen LogP) is 2.36. The van der Waals surface area contributed by atoms with Gasteiger partial charge in [0.05, 0.1) is 15.0 Å². The minimum Gasteiger partial charge on any atom is -0.327 e. The second-order valence-corrected chi connectivity index (χ2v) is 6.27. The number of hydrogen-bond acceptors (Lipinski definition) is 3. The Bertz CT molecular complexity index is 308. The molecule has 4 heteroatoms. The number of hydrogen-bond donors (Lipinski definition) is 1. The van der Waals surface area contributed by atoms with Crippen molar-refractivity contribution in [2.75, 3.05) is 0 Å². The first-order valence-corrected chi connectivity index (χ1v) is 5.51. The summed E-state index contributed by atoms with van der Waals surface area (Å²) in [6.07, 6.45) is 1.85. The highest BCUT2D eigenvalue weighted by Gasteiger charge is 2.57. The van der Waals surface area contributed by atoms with E-state index in [0.29, 0.717) is 5.92 Å². The summed E-state index contributed by atoms with van der Waals surface area (Å²) in [4.78, 5) is 4.32. The normalized spacial score (nSPS) is 32.0. The largest absolute Gasteiger partial charge is 0.327 e. The van der Waals surface area contributed by atoms with Gasteiger partial charge in [-0.05, 0) is 21.3 Å². The van der Waals surface area contributed by atoms with E-state index in [1.807, 2.05) is 6.20 Å². The van der Waals surface area contributed by atoms with Crippen molar-refractivity contribution >= 4 is 27.3 Å². The third-order valence-corrected chi connectivity index (χ3v) is 4.23. The summed E-state index contributed by atoms with van der Waals surface area (Å²) < 4.78 is 1.09. The van der Waals surface area contributed by atoms with Crippen LogP contribution in [0.4, 0.5) is 0 Å². The van der Waals surface area contributed by atoms with Crippen LogP contribution >= 0.6 is 27.3 Å². The summed E-state index contributed by atoms with van der Waals surface area (Å²) in [5.74, 6) is 0.466. The molecule has 0 amide bonds. The van der Waals surface area contributed by atoms with Crippen LogP contribution in [0.2, 0.25) is 0 Å². The molecule has 0 spiro atoms. The third kappa shape index (κ3) is 1.13. The van der Waals surface area contributed by atoms with Crippen molar-refractivity contribution in [1.29, 1.82) is 0 Å². The lowest BCUT2D eigenvalue weighted by Crippen LogP contribution is -2.06. The fraction of sp³-hybridized carbons (Fsp3) is 0.625. The van der Waals surface area contributed by atoms with E-state index in [2.05, 4.69) is 34.8 Å². The first kappa shape index (κ1) is 8.66. The number of thiazole rings is 1. The monoisotopic (exact) mass is 246 g/mol. The second-order valence-electron chi connectivity index (χ2n) is 3.83. The van der Waals surface area contributed by atoms with Crippen LogP contribution in [0.3, 0.4) is 0 Å². The van der Waals surface area contributed by atoms with Gasteiger partial charge in [-0.3, -0.25) is 0 Å². The number of halogens is 1. The van der Waals surface area contributed by atoms with E-state index in [-0.39, 0.29) is 11.5 Å². The van der Waals surface area contributed by atoms with Crippen LogP contribution in [0.1, 0.15) is 24.8 Å². The van der Waals surface area contributed by atoms with Crippen molar-refractivity contribution in [1.82, 2.24) is 4.98 Å². The Morgan fingerprint density at radius 2 is 2.25 bits per heavy atom. The molecule has 2 atom stereocenters. The van der Waals surface area contributed by atoms with Crippen LogP contribution in [0, 0.1) is 5.41 Å². The lowest BCUT2D eigenvalue weighted by atomic mass is 10.1. The molecule has 12 heavy (non-hydrogen) atoms. The summed E-state index contributed by atoms with van der Waals surface area (Å²) in [6.45, 7) is 4.38. The number of rotatable bonds is 1. The first-order valence-electron chi connectivity index (χ1n) is 3.90. The van der Waals surface area contributed by atoms with Crippen molar-refractivity contribution < 1.29 is 0 Å². The minimum absolute atomic E-state index is 0.247. The molecule has 1 aliphatic rings. The van der Waals surface area contributed by atoms with Crippen molar-refractivity contribution in [3.8, 4) is 0 Å². The molecule has 0 bridgehead atoms. The van der Waals surface area contributed by atoms with Gasteiger partial charge in [0.2, 0.25) is 0 Å². The van der Waals surface area contributed by atoms with Crippen LogP contribution in [0.5, 0.6) is 0 Å². The Morgan fingerprint density at radius 1 is 1.67 bits per heavy atom. The molecule has 0 aliphatic heterocycles. The Balaban J connectivity index is 2.24. The molecule has 1 heterocycles. The lowest BCUT2D eigenvalue weighted by Gasteiger charge is -1.96. The fourth-order valence-electron chi connectivity index (χ4n) is 1.56. The zero-order valence-corrected chi connectivity index (χ0v) is 9.45. The Labute approximate surface area is 84.3 Å². The molecule has 1 aromatic rings. The molecule has 1 fully saturated rings. The van der Waals surface area contributed by atoms with Crippen LogP contribution in [0.15, 0.2) is 9.98 Å². The molecule has 66 valence electrons. The smallest absolute Gasteiger partial charge is 0.0989 e. The maximum atomic E-state index is 5.94. The summed E-state index contributed by atoms with van der Waals surface area (Å²) in [6, 6.07) is 0.288. The lowest BCUT2D eigenvalue weighted by molar-refractivity contribution is 0.598. The zero-order chi connectivity index (χ0) is 8.93. The van der Waals surface area contributed by atoms with E-state index in [9.17, 15) is 0 Å². The van der Waals surface area contributed by atoms with Gasteiger partial charge >= 0.3 is 0 Å². The standard InChI is InChI=1S/C8H11BrN2S/c1-8(2)5(6(8)10)7-11-3-4(9)12-7/h3,5-6H,10H2,1-2H3/t5-,6+/m1/s1. The van der Waals surface area contributed by atoms with Gasteiger partial charge in [-0.25, -0.2) is 4.98 Å². The van der Waals surface area contributed by atoms with Crippen molar-refractivity contribution in [2.45, 2.75) is 25.8 Å². The molecule has 1 saturated carbocycles. The van der Waals surface area contributed by atoms with Gasteiger partial charge in [-0.1, -0.05) is 13.8 Å². The van der Waals surface area contributed by atoms with Crippen LogP contribution in [-0.2, 0) is 0 Å². The van der Waals surface area contributed by atoms with E-state index >= 15 is 0 Å². The quantitative estimate of drug-likeness (QED) is 0.827. The molecule has 1 aliphatic carbocycles. The van der Waals surface area contributed by atoms with Crippen LogP contribution in [-0.4, -0.2) is 11.0 Å². The number of nitrogens with zero attached hydrogens (tertiary/aromatic N) is 1. The highest BCUT2D eigenvalue weighted by atomic mass is 79.9. The van der Waals surface area contributed by atoms with Crippen molar-refractivity contribution in [3.63, 3.8) is 0 Å². The molecular formula is C8H11BrN2S. The van der Waals surface area contributed by atoms with Crippen molar-refractivity contribution in [3.05, 3.63) is 15.0 Å². The molecule has 0 unspecified atom stereocenters. The van der Waals surface area contributed by atoms with Gasteiger partial charge in [0, 0.05) is 12.0 Å². The average Bonchev–Trinajstić information content (AvgIpc) is 2.38. The van der Waals surface area contributed by atoms with E-state index in [0.717, 1.165) is 3.79 Å². The van der Waals surface area contributed by atoms with Gasteiger partial charge in [0.25, 0.3) is 0 Å². The Kier molecular flexibility index (Phi) is 1.82. The number of aromatic nitrogens is 1. The molecule has 2 nitrogen and oxygen atoms in total. The molecule has 0 saturated heterocycles. The molecule has 2 N–H and O–H groups in total. The maximum Gasteiger partial charge on any atom is 0.0989 e. The summed E-state index contributed by atoms with van der Waals surface area (Å²) in [5.41, 5.74) is 6.18. The van der Waals surface area contributed by atoms with Gasteiger partial charge in [0.15, 0.2) is 0 Å². The maximum absolute atomic E-state index is 5.94. The molecular weight excluding hydrogens is 236 g/mol. The SMILES string of the molecule is CC1(C)[C@@H](N)[C@@H]1c1ncc(Br)s1. The summed E-state index contributed by atoms with van der Waals surface area (Å²) >= 11 is 5.09. The Morgan fingerprint density at radius 3 is 2.58 bits per heavy atom. The van der Waals surface area contributed by atoms with Gasteiger partial charge < -0.3 is 5.73 Å². The molecule has 0 aromatic carbocycles. The van der Waals surface area contributed by atoms with E-state index in [1.54, 1.807) is 11.3 Å². The van der Waals surface area contributed by atoms with E-state index in [1.165, 1.54) is 5.01 Å².